The molecule has 2 aromatic heterocycles. The zero-order valence-corrected chi connectivity index (χ0v) is 16.0. The van der Waals surface area contributed by atoms with Gasteiger partial charge in [0, 0.05) is 13.8 Å². The van der Waals surface area contributed by atoms with Crippen LogP contribution in [0.25, 0.3) is 11.2 Å². The molecule has 2 aliphatic rings. The summed E-state index contributed by atoms with van der Waals surface area (Å²) in [6.45, 7) is 2.77. The van der Waals surface area contributed by atoms with Gasteiger partial charge < -0.3 is 18.9 Å². The van der Waals surface area contributed by atoms with Crippen molar-refractivity contribution in [1.29, 1.82) is 0 Å². The Hall–Kier alpha value is -2.30. The molecule has 1 aliphatic carbocycles. The molecule has 4 rings (SSSR count). The molecule has 10 nitrogen and oxygen atoms in total. The van der Waals surface area contributed by atoms with E-state index in [4.69, 9.17) is 30.5 Å². The number of imidazole rings is 1. The Morgan fingerprint density at radius 3 is 2.57 bits per heavy atom. The van der Waals surface area contributed by atoms with Crippen molar-refractivity contribution in [1.82, 2.24) is 19.5 Å². The summed E-state index contributed by atoms with van der Waals surface area (Å²) in [5.74, 6) is -1.04. The number of hydrogen-bond donors (Lipinski definition) is 0. The van der Waals surface area contributed by atoms with Crippen LogP contribution in [0.3, 0.4) is 0 Å². The fraction of sp³-hybridized carbons (Fsp3) is 0.588. The summed E-state index contributed by atoms with van der Waals surface area (Å²) in [6.07, 6.45) is 1.77. The summed E-state index contributed by atoms with van der Waals surface area (Å²) >= 11 is 6.07. The van der Waals surface area contributed by atoms with E-state index < -0.39 is 36.5 Å². The SMILES string of the molecule is CC(=O)O[C@@H]1[C@H](OC(C)=O)[C@@H](COC2CC2)O[C@H]1n1cnc2c(Cl)ncnc21. The Balaban J connectivity index is 1.68. The van der Waals surface area contributed by atoms with Crippen molar-refractivity contribution in [3.05, 3.63) is 17.8 Å². The first kappa shape index (κ1) is 19.0. The molecule has 0 spiro atoms. The average Bonchev–Trinajstić information content (AvgIpc) is 3.28. The van der Waals surface area contributed by atoms with E-state index in [0.29, 0.717) is 11.2 Å². The highest BCUT2D eigenvalue weighted by Gasteiger charge is 2.51. The lowest BCUT2D eigenvalue weighted by atomic mass is 10.1. The summed E-state index contributed by atoms with van der Waals surface area (Å²) in [5, 5.41) is 0.191. The Kier molecular flexibility index (Phi) is 5.17. The highest BCUT2D eigenvalue weighted by molar-refractivity contribution is 6.33. The maximum atomic E-state index is 11.7. The first-order chi connectivity index (χ1) is 13.4. The molecular weight excluding hydrogens is 392 g/mol. The lowest BCUT2D eigenvalue weighted by molar-refractivity contribution is -0.166. The number of nitrogens with zero attached hydrogens (tertiary/aromatic N) is 4. The molecule has 0 unspecified atom stereocenters. The summed E-state index contributed by atoms with van der Waals surface area (Å²) in [6, 6.07) is 0. The van der Waals surface area contributed by atoms with Crippen LogP contribution in [-0.2, 0) is 28.5 Å². The number of carbonyl (C=O) groups is 2. The summed E-state index contributed by atoms with van der Waals surface area (Å²) < 4.78 is 24.3. The van der Waals surface area contributed by atoms with Crippen molar-refractivity contribution in [2.75, 3.05) is 6.61 Å². The second kappa shape index (κ2) is 7.61. The van der Waals surface area contributed by atoms with Crippen LogP contribution in [0.5, 0.6) is 0 Å². The van der Waals surface area contributed by atoms with Gasteiger partial charge in [0.2, 0.25) is 0 Å². The number of hydrogen-bond acceptors (Lipinski definition) is 9. The first-order valence-electron chi connectivity index (χ1n) is 8.88. The number of aromatic nitrogens is 4. The van der Waals surface area contributed by atoms with E-state index in [-0.39, 0.29) is 17.9 Å². The van der Waals surface area contributed by atoms with Crippen LogP contribution in [0.4, 0.5) is 0 Å². The molecule has 0 aromatic carbocycles. The fourth-order valence-corrected chi connectivity index (χ4v) is 3.37. The highest BCUT2D eigenvalue weighted by atomic mass is 35.5. The summed E-state index contributed by atoms with van der Waals surface area (Å²) in [4.78, 5) is 35.7. The lowest BCUT2D eigenvalue weighted by Crippen LogP contribution is -2.40. The van der Waals surface area contributed by atoms with Gasteiger partial charge in [-0.3, -0.25) is 14.2 Å². The van der Waals surface area contributed by atoms with Crippen LogP contribution in [0, 0.1) is 0 Å². The predicted octanol–water partition coefficient (Wildman–Crippen LogP) is 1.42. The van der Waals surface area contributed by atoms with E-state index in [1.807, 2.05) is 0 Å². The summed E-state index contributed by atoms with van der Waals surface area (Å²) in [7, 11) is 0. The molecule has 0 bridgehead atoms. The third-order valence-electron chi connectivity index (χ3n) is 4.50. The maximum absolute atomic E-state index is 11.7. The molecule has 2 fully saturated rings. The Morgan fingerprint density at radius 2 is 1.89 bits per heavy atom. The van der Waals surface area contributed by atoms with Crippen LogP contribution in [0.15, 0.2) is 12.7 Å². The standard InChI is InChI=1S/C17H19ClN4O6/c1-8(23)26-13-11(5-25-10-3-4-10)28-17(14(13)27-9(2)24)22-7-21-12-15(18)19-6-20-16(12)22/h6-7,10-11,13-14,17H,3-5H2,1-2H3/t11-,13-,14-,17-/m1/s1. The minimum absolute atomic E-state index is 0.188. The van der Waals surface area contributed by atoms with E-state index in [9.17, 15) is 9.59 Å². The number of rotatable bonds is 6. The van der Waals surface area contributed by atoms with Crippen LogP contribution >= 0.6 is 11.6 Å². The van der Waals surface area contributed by atoms with Crippen molar-refractivity contribution < 1.29 is 28.5 Å². The lowest BCUT2D eigenvalue weighted by Gasteiger charge is -2.23. The van der Waals surface area contributed by atoms with Gasteiger partial charge in [0.1, 0.15) is 17.9 Å². The van der Waals surface area contributed by atoms with E-state index in [1.165, 1.54) is 26.5 Å². The van der Waals surface area contributed by atoms with Gasteiger partial charge in [-0.1, -0.05) is 11.6 Å². The molecule has 1 saturated heterocycles. The Morgan fingerprint density at radius 1 is 1.18 bits per heavy atom. The van der Waals surface area contributed by atoms with Crippen LogP contribution in [-0.4, -0.2) is 62.5 Å². The van der Waals surface area contributed by atoms with Gasteiger partial charge in [-0.25, -0.2) is 15.0 Å². The maximum Gasteiger partial charge on any atom is 0.303 e. The normalized spacial score (nSPS) is 27.1. The van der Waals surface area contributed by atoms with E-state index in [2.05, 4.69) is 15.0 Å². The van der Waals surface area contributed by atoms with Crippen LogP contribution < -0.4 is 0 Å². The Labute approximate surface area is 165 Å². The molecule has 150 valence electrons. The van der Waals surface area contributed by atoms with Crippen LogP contribution in [0.2, 0.25) is 5.15 Å². The number of esters is 2. The van der Waals surface area contributed by atoms with Gasteiger partial charge in [-0.15, -0.1) is 0 Å². The van der Waals surface area contributed by atoms with Gasteiger partial charge in [0.05, 0.1) is 19.0 Å². The van der Waals surface area contributed by atoms with Gasteiger partial charge in [0.15, 0.2) is 29.2 Å². The van der Waals surface area contributed by atoms with E-state index in [0.717, 1.165) is 12.8 Å². The number of ether oxygens (including phenoxy) is 4. The molecular formula is C17H19ClN4O6. The molecule has 0 amide bonds. The van der Waals surface area contributed by atoms with Crippen molar-refractivity contribution in [2.45, 2.75) is 57.3 Å². The largest absolute Gasteiger partial charge is 0.456 e. The molecule has 1 saturated carbocycles. The topological polar surface area (TPSA) is 115 Å². The average molecular weight is 411 g/mol. The smallest absolute Gasteiger partial charge is 0.303 e. The molecule has 28 heavy (non-hydrogen) atoms. The minimum Gasteiger partial charge on any atom is -0.456 e. The third-order valence-corrected chi connectivity index (χ3v) is 4.78. The monoisotopic (exact) mass is 410 g/mol. The number of halogens is 1. The highest BCUT2D eigenvalue weighted by Crippen LogP contribution is 2.37. The molecule has 0 radical (unpaired) electrons. The van der Waals surface area contributed by atoms with Gasteiger partial charge in [-0.05, 0) is 12.8 Å². The Bertz CT molecular complexity index is 901. The first-order valence-corrected chi connectivity index (χ1v) is 9.26. The zero-order chi connectivity index (χ0) is 19.8. The van der Waals surface area contributed by atoms with Crippen molar-refractivity contribution in [3.8, 4) is 0 Å². The third kappa shape index (κ3) is 3.80. The molecule has 3 heterocycles. The molecule has 4 atom stereocenters. The molecule has 0 N–H and O–H groups in total. The quantitative estimate of drug-likeness (QED) is 0.515. The second-order valence-electron chi connectivity index (χ2n) is 6.73. The van der Waals surface area contributed by atoms with Gasteiger partial charge >= 0.3 is 11.9 Å². The van der Waals surface area contributed by atoms with Gasteiger partial charge in [-0.2, -0.15) is 0 Å². The summed E-state index contributed by atoms with van der Waals surface area (Å²) in [5.41, 5.74) is 0.795. The van der Waals surface area contributed by atoms with E-state index in [1.54, 1.807) is 4.57 Å². The fourth-order valence-electron chi connectivity index (χ4n) is 3.19. The van der Waals surface area contributed by atoms with Gasteiger partial charge in [0.25, 0.3) is 0 Å². The van der Waals surface area contributed by atoms with Crippen molar-refractivity contribution in [2.24, 2.45) is 0 Å². The van der Waals surface area contributed by atoms with Crippen molar-refractivity contribution in [3.63, 3.8) is 0 Å². The number of carbonyl (C=O) groups excluding carboxylic acids is 2. The second-order valence-corrected chi connectivity index (χ2v) is 7.09. The zero-order valence-electron chi connectivity index (χ0n) is 15.3. The van der Waals surface area contributed by atoms with E-state index >= 15 is 0 Å². The van der Waals surface area contributed by atoms with Crippen molar-refractivity contribution >= 4 is 34.7 Å². The minimum atomic E-state index is -0.902. The molecule has 2 aromatic rings. The van der Waals surface area contributed by atoms with Crippen LogP contribution in [0.1, 0.15) is 32.9 Å². The molecule has 1 aliphatic heterocycles. The number of fused-ring (bicyclic) bond motifs is 1. The predicted molar refractivity (Wildman–Crippen MR) is 94.3 cm³/mol. The molecule has 11 heteroatoms.